The lowest BCUT2D eigenvalue weighted by atomic mass is 10.1. The summed E-state index contributed by atoms with van der Waals surface area (Å²) in [7, 11) is 0. The van der Waals surface area contributed by atoms with Crippen molar-refractivity contribution in [1.29, 1.82) is 0 Å². The second kappa shape index (κ2) is 9.87. The van der Waals surface area contributed by atoms with Crippen LogP contribution in [0, 0.1) is 12.8 Å². The van der Waals surface area contributed by atoms with Gasteiger partial charge in [-0.3, -0.25) is 9.59 Å². The number of amides is 2. The Bertz CT molecular complexity index is 1150. The molecule has 0 fully saturated rings. The van der Waals surface area contributed by atoms with Gasteiger partial charge in [0.15, 0.2) is 5.69 Å². The molecule has 0 radical (unpaired) electrons. The topological polar surface area (TPSA) is 96.1 Å². The van der Waals surface area contributed by atoms with E-state index in [-0.39, 0.29) is 24.0 Å². The number of hydrogen-bond acceptors (Lipinski definition) is 4. The normalized spacial score (nSPS) is 11.5. The lowest BCUT2D eigenvalue weighted by molar-refractivity contribution is -0.117. The quantitative estimate of drug-likeness (QED) is 0.433. The van der Waals surface area contributed by atoms with Crippen molar-refractivity contribution in [3.63, 3.8) is 0 Å². The lowest BCUT2D eigenvalue weighted by Crippen LogP contribution is -2.28. The third-order valence-corrected chi connectivity index (χ3v) is 5.57. The zero-order valence-corrected chi connectivity index (χ0v) is 19.3. The molecular weight excluding hydrogens is 460 g/mol. The number of halogens is 1. The molecule has 1 aromatic heterocycles. The van der Waals surface area contributed by atoms with Crippen LogP contribution >= 0.6 is 15.9 Å². The van der Waals surface area contributed by atoms with Crippen LogP contribution in [0.25, 0.3) is 10.9 Å². The molecule has 0 bridgehead atoms. The van der Waals surface area contributed by atoms with Gasteiger partial charge in [-0.15, -0.1) is 10.2 Å². The molecule has 7 nitrogen and oxygen atoms in total. The zero-order valence-electron chi connectivity index (χ0n) is 17.7. The predicted molar refractivity (Wildman–Crippen MR) is 124 cm³/mol. The number of hydrogen-bond donors (Lipinski definition) is 2. The van der Waals surface area contributed by atoms with Crippen molar-refractivity contribution in [2.24, 2.45) is 16.1 Å². The van der Waals surface area contributed by atoms with Crippen molar-refractivity contribution in [3.8, 4) is 5.88 Å². The van der Waals surface area contributed by atoms with Gasteiger partial charge in [0.2, 0.25) is 5.88 Å². The second-order valence-electron chi connectivity index (χ2n) is 7.78. The van der Waals surface area contributed by atoms with E-state index in [0.29, 0.717) is 22.5 Å². The molecule has 0 atom stereocenters. The van der Waals surface area contributed by atoms with Crippen LogP contribution < -0.4 is 5.32 Å². The Balaban J connectivity index is 1.78. The summed E-state index contributed by atoms with van der Waals surface area (Å²) in [6, 6.07) is 12.7. The maximum absolute atomic E-state index is 12.2. The summed E-state index contributed by atoms with van der Waals surface area (Å²) in [5.74, 6) is -0.549. The van der Waals surface area contributed by atoms with Crippen LogP contribution in [0.4, 0.5) is 5.69 Å². The maximum atomic E-state index is 12.2. The minimum Gasteiger partial charge on any atom is -0.493 e. The van der Waals surface area contributed by atoms with Gasteiger partial charge in [0.05, 0.1) is 11.1 Å². The van der Waals surface area contributed by atoms with Crippen LogP contribution in [-0.2, 0) is 11.3 Å². The highest BCUT2D eigenvalue weighted by Crippen LogP contribution is 2.39. The lowest BCUT2D eigenvalue weighted by Gasteiger charge is -2.09. The first-order valence-corrected chi connectivity index (χ1v) is 10.9. The number of carbonyl (C=O) groups is 2. The second-order valence-corrected chi connectivity index (χ2v) is 8.64. The van der Waals surface area contributed by atoms with E-state index in [0.717, 1.165) is 22.9 Å². The number of aromatic nitrogens is 1. The van der Waals surface area contributed by atoms with E-state index in [9.17, 15) is 14.7 Å². The fraction of sp³-hybridized carbons (Fsp3) is 0.304. The number of rotatable bonds is 7. The molecule has 3 rings (SSSR count). The van der Waals surface area contributed by atoms with Crippen LogP contribution in [0.5, 0.6) is 5.88 Å². The molecule has 0 saturated heterocycles. The summed E-state index contributed by atoms with van der Waals surface area (Å²) in [6.45, 7) is 6.53. The number of nitrogens with one attached hydrogen (secondary N) is 1. The van der Waals surface area contributed by atoms with Crippen LogP contribution in [0.3, 0.4) is 0 Å². The molecule has 0 aliphatic rings. The van der Waals surface area contributed by atoms with Gasteiger partial charge in [-0.05, 0) is 59.5 Å². The van der Waals surface area contributed by atoms with Crippen molar-refractivity contribution < 1.29 is 14.7 Å². The molecule has 162 valence electrons. The van der Waals surface area contributed by atoms with Gasteiger partial charge in [0.25, 0.3) is 11.8 Å². The number of aromatic hydroxyl groups is 1. The Morgan fingerprint density at radius 2 is 1.94 bits per heavy atom. The summed E-state index contributed by atoms with van der Waals surface area (Å²) in [4.78, 5) is 24.4. The third-order valence-electron chi connectivity index (χ3n) is 4.88. The SMILES string of the molecule is Cc1ccc2c(c1)c(N=NC(=O)CNC(=O)c1ccccc1Br)c(O)n2CCC(C)C. The first-order chi connectivity index (χ1) is 14.8. The fourth-order valence-electron chi connectivity index (χ4n) is 3.19. The van der Waals surface area contributed by atoms with Crippen molar-refractivity contribution in [1.82, 2.24) is 9.88 Å². The summed E-state index contributed by atoms with van der Waals surface area (Å²) < 4.78 is 2.43. The molecule has 2 N–H and O–H groups in total. The maximum Gasteiger partial charge on any atom is 0.283 e. The average molecular weight is 485 g/mol. The molecule has 0 saturated carbocycles. The van der Waals surface area contributed by atoms with E-state index in [1.165, 1.54) is 0 Å². The first-order valence-electron chi connectivity index (χ1n) is 10.1. The third kappa shape index (κ3) is 5.38. The Hall–Kier alpha value is -3.00. The van der Waals surface area contributed by atoms with Crippen molar-refractivity contribution >= 4 is 44.3 Å². The Kier molecular flexibility index (Phi) is 7.22. The Morgan fingerprint density at radius 3 is 2.65 bits per heavy atom. The molecule has 0 unspecified atom stereocenters. The van der Waals surface area contributed by atoms with E-state index in [1.54, 1.807) is 28.8 Å². The van der Waals surface area contributed by atoms with Crippen LogP contribution in [0.2, 0.25) is 0 Å². The Labute approximate surface area is 189 Å². The van der Waals surface area contributed by atoms with Crippen LogP contribution in [0.1, 0.15) is 36.2 Å². The van der Waals surface area contributed by atoms with E-state index in [2.05, 4.69) is 45.3 Å². The van der Waals surface area contributed by atoms with Gasteiger partial charge in [-0.2, -0.15) is 0 Å². The first kappa shape index (κ1) is 22.7. The minimum absolute atomic E-state index is 0.0185. The van der Waals surface area contributed by atoms with E-state index in [1.807, 2.05) is 25.1 Å². The standard InChI is InChI=1S/C23H25BrN4O3/c1-14(2)10-11-28-19-9-8-15(3)12-17(19)21(23(28)31)27-26-20(29)13-25-22(30)16-6-4-5-7-18(16)24/h4-9,12,14,31H,10-11,13H2,1-3H3,(H,25,30). The molecule has 2 amide bonds. The molecule has 0 aliphatic heterocycles. The van der Waals surface area contributed by atoms with Crippen LogP contribution in [-0.4, -0.2) is 28.0 Å². The number of fused-ring (bicyclic) bond motifs is 1. The summed E-state index contributed by atoms with van der Waals surface area (Å²) >= 11 is 3.31. The van der Waals surface area contributed by atoms with Crippen molar-refractivity contribution in [2.75, 3.05) is 6.54 Å². The molecule has 0 aliphatic carbocycles. The number of carbonyl (C=O) groups excluding carboxylic acids is 2. The van der Waals surface area contributed by atoms with E-state index in [4.69, 9.17) is 0 Å². The molecule has 8 heteroatoms. The van der Waals surface area contributed by atoms with Crippen molar-refractivity contribution in [3.05, 3.63) is 58.1 Å². The average Bonchev–Trinajstić information content (AvgIpc) is 2.99. The Morgan fingerprint density at radius 1 is 1.19 bits per heavy atom. The number of nitrogens with zero attached hydrogens (tertiary/aromatic N) is 3. The highest BCUT2D eigenvalue weighted by molar-refractivity contribution is 9.10. The largest absolute Gasteiger partial charge is 0.493 e. The monoisotopic (exact) mass is 484 g/mol. The number of benzene rings is 2. The highest BCUT2D eigenvalue weighted by Gasteiger charge is 2.18. The fourth-order valence-corrected chi connectivity index (χ4v) is 3.65. The molecule has 1 heterocycles. The zero-order chi connectivity index (χ0) is 22.5. The molecule has 2 aromatic carbocycles. The molecule has 31 heavy (non-hydrogen) atoms. The van der Waals surface area contributed by atoms with Crippen LogP contribution in [0.15, 0.2) is 57.2 Å². The smallest absolute Gasteiger partial charge is 0.283 e. The molecule has 3 aromatic rings. The summed E-state index contributed by atoms with van der Waals surface area (Å²) in [6.07, 6.45) is 0.891. The number of aryl methyl sites for hydroxylation is 2. The summed E-state index contributed by atoms with van der Waals surface area (Å²) in [5, 5.41) is 21.8. The van der Waals surface area contributed by atoms with Crippen molar-refractivity contribution in [2.45, 2.75) is 33.7 Å². The summed E-state index contributed by atoms with van der Waals surface area (Å²) in [5.41, 5.74) is 2.53. The van der Waals surface area contributed by atoms with Gasteiger partial charge in [-0.25, -0.2) is 0 Å². The molecule has 0 spiro atoms. The van der Waals surface area contributed by atoms with Gasteiger partial charge in [0, 0.05) is 16.4 Å². The number of azo groups is 1. The van der Waals surface area contributed by atoms with E-state index >= 15 is 0 Å². The predicted octanol–water partition coefficient (Wildman–Crippen LogP) is 5.50. The molecular formula is C23H25BrN4O3. The van der Waals surface area contributed by atoms with E-state index < -0.39 is 5.91 Å². The van der Waals surface area contributed by atoms with Gasteiger partial charge in [0.1, 0.15) is 6.54 Å². The van der Waals surface area contributed by atoms with Gasteiger partial charge in [-0.1, -0.05) is 37.6 Å². The van der Waals surface area contributed by atoms with Gasteiger partial charge >= 0.3 is 0 Å². The highest BCUT2D eigenvalue weighted by atomic mass is 79.9. The van der Waals surface area contributed by atoms with Gasteiger partial charge < -0.3 is 15.0 Å². The minimum atomic E-state index is -0.615.